The van der Waals surface area contributed by atoms with Gasteiger partial charge >= 0.3 is 0 Å². The maximum Gasteiger partial charge on any atom is 0.234 e. The van der Waals surface area contributed by atoms with Crippen molar-refractivity contribution in [2.45, 2.75) is 32.5 Å². The number of nitrogens with one attached hydrogen (secondary N) is 2. The Bertz CT molecular complexity index is 449. The molecule has 110 valence electrons. The molecular weight excluding hydrogens is 257 g/mol. The van der Waals surface area contributed by atoms with Gasteiger partial charge in [-0.2, -0.15) is 0 Å². The predicted octanol–water partition coefficient (Wildman–Crippen LogP) is 1.12. The van der Waals surface area contributed by atoms with Crippen LogP contribution in [0.2, 0.25) is 0 Å². The van der Waals surface area contributed by atoms with Crippen molar-refractivity contribution in [1.82, 2.24) is 15.5 Å². The van der Waals surface area contributed by atoms with E-state index in [9.17, 15) is 9.18 Å². The van der Waals surface area contributed by atoms with Gasteiger partial charge in [-0.15, -0.1) is 0 Å². The minimum Gasteiger partial charge on any atom is -0.351 e. The summed E-state index contributed by atoms with van der Waals surface area (Å²) >= 11 is 0. The Morgan fingerprint density at radius 1 is 1.40 bits per heavy atom. The first kappa shape index (κ1) is 14.9. The van der Waals surface area contributed by atoms with Gasteiger partial charge in [0.15, 0.2) is 0 Å². The molecule has 0 aromatic heterocycles. The molecule has 0 aliphatic carbocycles. The zero-order valence-corrected chi connectivity index (χ0v) is 12.0. The highest BCUT2D eigenvalue weighted by molar-refractivity contribution is 5.78. The van der Waals surface area contributed by atoms with Crippen LogP contribution in [-0.2, 0) is 11.3 Å². The Hall–Kier alpha value is -1.46. The minimum absolute atomic E-state index is 0.00951. The Morgan fingerprint density at radius 3 is 2.80 bits per heavy atom. The molecule has 2 N–H and O–H groups in total. The molecule has 1 aliphatic rings. The van der Waals surface area contributed by atoms with Crippen molar-refractivity contribution < 1.29 is 9.18 Å². The lowest BCUT2D eigenvalue weighted by atomic mass is 10.1. The van der Waals surface area contributed by atoms with Crippen molar-refractivity contribution >= 4 is 5.91 Å². The van der Waals surface area contributed by atoms with Crippen LogP contribution in [0.5, 0.6) is 0 Å². The molecule has 1 fully saturated rings. The minimum atomic E-state index is -0.260. The van der Waals surface area contributed by atoms with Crippen LogP contribution in [0, 0.1) is 5.82 Å². The molecule has 0 spiro atoms. The van der Waals surface area contributed by atoms with E-state index in [1.54, 1.807) is 12.1 Å². The summed E-state index contributed by atoms with van der Waals surface area (Å²) in [5, 5.41) is 6.27. The quantitative estimate of drug-likeness (QED) is 0.868. The van der Waals surface area contributed by atoms with Crippen molar-refractivity contribution in [3.63, 3.8) is 0 Å². The number of hydrogen-bond acceptors (Lipinski definition) is 3. The predicted molar refractivity (Wildman–Crippen MR) is 76.7 cm³/mol. The largest absolute Gasteiger partial charge is 0.351 e. The molecule has 1 aromatic rings. The lowest BCUT2D eigenvalue weighted by Gasteiger charge is -2.36. The average molecular weight is 279 g/mol. The van der Waals surface area contributed by atoms with Crippen LogP contribution in [-0.4, -0.2) is 42.5 Å². The molecule has 2 atom stereocenters. The fraction of sp³-hybridized carbons (Fsp3) is 0.533. The first-order chi connectivity index (χ1) is 9.54. The molecule has 0 radical (unpaired) electrons. The van der Waals surface area contributed by atoms with E-state index in [-0.39, 0.29) is 11.7 Å². The Balaban J connectivity index is 1.78. The van der Waals surface area contributed by atoms with E-state index < -0.39 is 0 Å². The second kappa shape index (κ2) is 6.81. The van der Waals surface area contributed by atoms with Gasteiger partial charge in [0.25, 0.3) is 0 Å². The topological polar surface area (TPSA) is 44.4 Å². The second-order valence-electron chi connectivity index (χ2n) is 5.49. The summed E-state index contributed by atoms with van der Waals surface area (Å²) < 4.78 is 12.8. The third-order valence-corrected chi connectivity index (χ3v) is 3.64. The van der Waals surface area contributed by atoms with Gasteiger partial charge in [-0.3, -0.25) is 9.69 Å². The van der Waals surface area contributed by atoms with Crippen LogP contribution in [0.25, 0.3) is 0 Å². The molecule has 0 bridgehead atoms. The molecular formula is C15H22FN3O. The summed E-state index contributed by atoms with van der Waals surface area (Å²) in [6.45, 7) is 6.88. The zero-order chi connectivity index (χ0) is 14.5. The number of carbonyl (C=O) groups excluding carboxylic acids is 1. The highest BCUT2D eigenvalue weighted by atomic mass is 19.1. The number of hydrogen-bond donors (Lipinski definition) is 2. The maximum atomic E-state index is 12.8. The molecule has 2 rings (SSSR count). The number of amides is 1. The molecule has 4 nitrogen and oxygen atoms in total. The van der Waals surface area contributed by atoms with E-state index in [4.69, 9.17) is 0 Å². The van der Waals surface area contributed by atoms with Gasteiger partial charge in [-0.05, 0) is 31.5 Å². The lowest BCUT2D eigenvalue weighted by Crippen LogP contribution is -2.56. The van der Waals surface area contributed by atoms with Crippen LogP contribution < -0.4 is 10.6 Å². The van der Waals surface area contributed by atoms with Crippen molar-refractivity contribution in [2.75, 3.05) is 19.6 Å². The van der Waals surface area contributed by atoms with Gasteiger partial charge in [0.05, 0.1) is 6.54 Å². The highest BCUT2D eigenvalue weighted by Gasteiger charge is 2.23. The third kappa shape index (κ3) is 4.28. The van der Waals surface area contributed by atoms with Gasteiger partial charge in [0.1, 0.15) is 5.82 Å². The summed E-state index contributed by atoms with van der Waals surface area (Å²) in [7, 11) is 0. The van der Waals surface area contributed by atoms with E-state index in [2.05, 4.69) is 29.4 Å². The summed E-state index contributed by atoms with van der Waals surface area (Å²) in [6.07, 6.45) is 0. The van der Waals surface area contributed by atoms with E-state index in [1.807, 2.05) is 0 Å². The second-order valence-corrected chi connectivity index (χ2v) is 5.49. The Labute approximate surface area is 119 Å². The molecule has 1 aliphatic heterocycles. The van der Waals surface area contributed by atoms with E-state index >= 15 is 0 Å². The zero-order valence-electron chi connectivity index (χ0n) is 12.0. The summed E-state index contributed by atoms with van der Waals surface area (Å²) in [4.78, 5) is 14.1. The van der Waals surface area contributed by atoms with Crippen LogP contribution in [0.1, 0.15) is 19.4 Å². The summed E-state index contributed by atoms with van der Waals surface area (Å²) in [6, 6.07) is 6.96. The van der Waals surface area contributed by atoms with Crippen LogP contribution in [0.15, 0.2) is 24.3 Å². The highest BCUT2D eigenvalue weighted by Crippen LogP contribution is 2.06. The normalized spacial score (nSPS) is 23.6. The molecule has 1 amide bonds. The standard InChI is InChI=1S/C15H22FN3O/c1-11-9-19(12(2)7-17-11)10-15(20)18-8-13-3-5-14(16)6-4-13/h3-6,11-12,17H,7-10H2,1-2H3,(H,18,20). The smallest absolute Gasteiger partial charge is 0.234 e. The van der Waals surface area contributed by atoms with E-state index in [0.29, 0.717) is 25.2 Å². The number of rotatable bonds is 4. The van der Waals surface area contributed by atoms with Gasteiger partial charge < -0.3 is 10.6 Å². The van der Waals surface area contributed by atoms with Gasteiger partial charge in [-0.25, -0.2) is 4.39 Å². The van der Waals surface area contributed by atoms with Crippen LogP contribution in [0.3, 0.4) is 0 Å². The Morgan fingerprint density at radius 2 is 2.10 bits per heavy atom. The average Bonchev–Trinajstić information content (AvgIpc) is 2.42. The molecule has 0 saturated carbocycles. The fourth-order valence-corrected chi connectivity index (χ4v) is 2.36. The first-order valence-electron chi connectivity index (χ1n) is 7.03. The number of carbonyl (C=O) groups is 1. The van der Waals surface area contributed by atoms with Crippen LogP contribution >= 0.6 is 0 Å². The first-order valence-corrected chi connectivity index (χ1v) is 7.03. The van der Waals surface area contributed by atoms with Crippen molar-refractivity contribution in [1.29, 1.82) is 0 Å². The van der Waals surface area contributed by atoms with Crippen LogP contribution in [0.4, 0.5) is 4.39 Å². The van der Waals surface area contributed by atoms with Crippen molar-refractivity contribution in [2.24, 2.45) is 0 Å². The molecule has 5 heteroatoms. The number of benzene rings is 1. The molecule has 2 unspecified atom stereocenters. The molecule has 1 saturated heterocycles. The van der Waals surface area contributed by atoms with E-state index in [1.165, 1.54) is 12.1 Å². The lowest BCUT2D eigenvalue weighted by molar-refractivity contribution is -0.123. The van der Waals surface area contributed by atoms with Gasteiger partial charge in [-0.1, -0.05) is 12.1 Å². The number of piperazine rings is 1. The third-order valence-electron chi connectivity index (χ3n) is 3.64. The van der Waals surface area contributed by atoms with Gasteiger partial charge in [0, 0.05) is 31.7 Å². The monoisotopic (exact) mass is 279 g/mol. The Kier molecular flexibility index (Phi) is 5.09. The summed E-state index contributed by atoms with van der Waals surface area (Å²) in [5.41, 5.74) is 0.904. The SMILES string of the molecule is CC1CN(CC(=O)NCc2ccc(F)cc2)C(C)CN1. The van der Waals surface area contributed by atoms with Crippen molar-refractivity contribution in [3.05, 3.63) is 35.6 Å². The maximum absolute atomic E-state index is 12.8. The fourth-order valence-electron chi connectivity index (χ4n) is 2.36. The number of halogens is 1. The van der Waals surface area contributed by atoms with Gasteiger partial charge in [0.2, 0.25) is 5.91 Å². The van der Waals surface area contributed by atoms with Crippen molar-refractivity contribution in [3.8, 4) is 0 Å². The number of nitrogens with zero attached hydrogens (tertiary/aromatic N) is 1. The molecule has 1 aromatic carbocycles. The molecule has 20 heavy (non-hydrogen) atoms. The summed E-state index contributed by atoms with van der Waals surface area (Å²) in [5.74, 6) is -0.251. The molecule has 1 heterocycles. The van der Waals surface area contributed by atoms with E-state index in [0.717, 1.165) is 18.7 Å².